The highest BCUT2D eigenvalue weighted by atomic mass is 79.9. The van der Waals surface area contributed by atoms with E-state index in [0.717, 1.165) is 32.7 Å². The Balaban J connectivity index is 1.46. The summed E-state index contributed by atoms with van der Waals surface area (Å²) in [5.74, 6) is 2.99. The van der Waals surface area contributed by atoms with E-state index < -0.39 is 6.04 Å². The van der Waals surface area contributed by atoms with Gasteiger partial charge in [0.15, 0.2) is 28.8 Å². The molecule has 0 spiro atoms. The van der Waals surface area contributed by atoms with Gasteiger partial charge in [-0.2, -0.15) is 0 Å². The molecule has 0 amide bonds. The molecule has 6 rings (SSSR count). The molecule has 2 aliphatic heterocycles. The molecule has 0 bridgehead atoms. The predicted octanol–water partition coefficient (Wildman–Crippen LogP) is 6.18. The van der Waals surface area contributed by atoms with Crippen molar-refractivity contribution >= 4 is 33.1 Å². The summed E-state index contributed by atoms with van der Waals surface area (Å²) in [5.41, 5.74) is 5.27. The third kappa shape index (κ3) is 4.11. The largest absolute Gasteiger partial charge is 0.493 e. The van der Waals surface area contributed by atoms with E-state index in [0.29, 0.717) is 47.2 Å². The second kappa shape index (κ2) is 9.79. The average molecular weight is 579 g/mol. The number of hydrogen-bond acceptors (Lipinski definition) is 8. The van der Waals surface area contributed by atoms with Crippen LogP contribution in [0.15, 0.2) is 64.3 Å². The van der Waals surface area contributed by atoms with Crippen LogP contribution in [0.5, 0.6) is 28.7 Å². The molecule has 0 fully saturated rings. The van der Waals surface area contributed by atoms with Crippen LogP contribution >= 0.6 is 15.9 Å². The quantitative estimate of drug-likeness (QED) is 0.371. The summed E-state index contributed by atoms with van der Waals surface area (Å²) in [4.78, 5) is 14.0. The van der Waals surface area contributed by atoms with Crippen molar-refractivity contribution in [3.63, 3.8) is 0 Å². The third-order valence-corrected chi connectivity index (χ3v) is 7.96. The summed E-state index contributed by atoms with van der Waals surface area (Å²) in [6.45, 7) is 0.178. The molecule has 196 valence electrons. The van der Waals surface area contributed by atoms with E-state index >= 15 is 0 Å². The smallest absolute Gasteiger partial charge is 0.231 e. The Labute approximate surface area is 229 Å². The van der Waals surface area contributed by atoms with Crippen LogP contribution in [0.2, 0.25) is 0 Å². The number of allylic oxidation sites excluding steroid dienone is 1. The van der Waals surface area contributed by atoms with Gasteiger partial charge in [-0.15, -0.1) is 0 Å². The van der Waals surface area contributed by atoms with Crippen molar-refractivity contribution in [2.45, 2.75) is 24.8 Å². The van der Waals surface area contributed by atoms with Crippen LogP contribution in [0.4, 0.5) is 11.4 Å². The molecule has 0 saturated heterocycles. The van der Waals surface area contributed by atoms with Gasteiger partial charge in [-0.1, -0.05) is 28.1 Å². The molecule has 0 aromatic heterocycles. The van der Waals surface area contributed by atoms with Crippen LogP contribution in [0.1, 0.15) is 35.9 Å². The van der Waals surface area contributed by atoms with E-state index in [2.05, 4.69) is 26.6 Å². The van der Waals surface area contributed by atoms with E-state index in [-0.39, 0.29) is 18.5 Å². The number of rotatable bonds is 5. The van der Waals surface area contributed by atoms with Crippen LogP contribution in [0.3, 0.4) is 0 Å². The van der Waals surface area contributed by atoms with Crippen molar-refractivity contribution in [1.82, 2.24) is 0 Å². The monoisotopic (exact) mass is 578 g/mol. The van der Waals surface area contributed by atoms with Gasteiger partial charge in [0.1, 0.15) is 0 Å². The van der Waals surface area contributed by atoms with Gasteiger partial charge < -0.3 is 34.3 Å². The molecule has 3 aromatic rings. The molecule has 3 aliphatic rings. The number of methoxy groups -OCH3 is 3. The summed E-state index contributed by atoms with van der Waals surface area (Å²) in [5, 5.41) is 7.20. The van der Waals surface area contributed by atoms with Crippen LogP contribution in [-0.4, -0.2) is 33.9 Å². The van der Waals surface area contributed by atoms with Gasteiger partial charge in [-0.05, 0) is 59.9 Å². The minimum absolute atomic E-state index is 0.0624. The summed E-state index contributed by atoms with van der Waals surface area (Å²) < 4.78 is 28.7. The van der Waals surface area contributed by atoms with Gasteiger partial charge in [0.25, 0.3) is 0 Å². The molecule has 8 nitrogen and oxygen atoms in total. The molecule has 9 heteroatoms. The number of nitrogens with one attached hydrogen (secondary N) is 2. The number of carbonyl (C=O) groups excluding carboxylic acids is 1. The zero-order chi connectivity index (χ0) is 26.4. The zero-order valence-corrected chi connectivity index (χ0v) is 22.8. The summed E-state index contributed by atoms with van der Waals surface area (Å²) in [6, 6.07) is 15.3. The number of carbonyl (C=O) groups is 1. The molecule has 2 atom stereocenters. The maximum Gasteiger partial charge on any atom is 0.231 e. The van der Waals surface area contributed by atoms with E-state index in [1.54, 1.807) is 21.3 Å². The first-order chi connectivity index (χ1) is 18.5. The number of ether oxygens (including phenoxy) is 5. The summed E-state index contributed by atoms with van der Waals surface area (Å²) in [7, 11) is 4.77. The standard InChI is InChI=1S/C29H27BrN2O6/c1-34-25-10-16(11-26(35-2)29(25)36-3)15-8-21-27(22(33)9-15)28(32-20-7-5-4-6-19(20)31-21)17-12-23-24(13-18(17)30)38-14-37-23/h4-7,10-13,15,28,31-32H,8-9,14H2,1-3H3/t15-,28-/m1/s1. The number of ketones is 1. The fourth-order valence-corrected chi connectivity index (χ4v) is 6.00. The maximum absolute atomic E-state index is 14.0. The van der Waals surface area contributed by atoms with Crippen molar-refractivity contribution in [2.75, 3.05) is 38.8 Å². The lowest BCUT2D eigenvalue weighted by Gasteiger charge is -2.30. The highest BCUT2D eigenvalue weighted by Crippen LogP contribution is 2.49. The second-order valence-corrected chi connectivity index (χ2v) is 10.2. The minimum atomic E-state index is -0.390. The van der Waals surface area contributed by atoms with Crippen LogP contribution in [0.25, 0.3) is 0 Å². The Morgan fingerprint density at radius 3 is 2.26 bits per heavy atom. The lowest BCUT2D eigenvalue weighted by molar-refractivity contribution is -0.116. The van der Waals surface area contributed by atoms with Crippen molar-refractivity contribution in [1.29, 1.82) is 0 Å². The van der Waals surface area contributed by atoms with Gasteiger partial charge in [0.2, 0.25) is 12.5 Å². The maximum atomic E-state index is 14.0. The fourth-order valence-electron chi connectivity index (χ4n) is 5.45. The van der Waals surface area contributed by atoms with E-state index in [1.165, 1.54) is 0 Å². The van der Waals surface area contributed by atoms with E-state index in [1.807, 2.05) is 48.5 Å². The first-order valence-electron chi connectivity index (χ1n) is 12.3. The Kier molecular flexibility index (Phi) is 6.31. The molecule has 3 aromatic carbocycles. The summed E-state index contributed by atoms with van der Waals surface area (Å²) >= 11 is 3.71. The predicted molar refractivity (Wildman–Crippen MR) is 147 cm³/mol. The molecule has 2 N–H and O–H groups in total. The van der Waals surface area contributed by atoms with Gasteiger partial charge in [0, 0.05) is 22.2 Å². The third-order valence-electron chi connectivity index (χ3n) is 7.27. The number of para-hydroxylation sites is 2. The van der Waals surface area contributed by atoms with Crippen LogP contribution in [0, 0.1) is 0 Å². The van der Waals surface area contributed by atoms with Gasteiger partial charge in [-0.3, -0.25) is 4.79 Å². The van der Waals surface area contributed by atoms with Crippen molar-refractivity contribution < 1.29 is 28.5 Å². The molecular formula is C29H27BrN2O6. The summed E-state index contributed by atoms with van der Waals surface area (Å²) in [6.07, 6.45) is 0.976. The van der Waals surface area contributed by atoms with Crippen molar-refractivity contribution in [2.24, 2.45) is 0 Å². The topological polar surface area (TPSA) is 87.3 Å². The number of benzene rings is 3. The first kappa shape index (κ1) is 24.5. The van der Waals surface area contributed by atoms with E-state index in [9.17, 15) is 4.79 Å². The number of anilines is 2. The highest BCUT2D eigenvalue weighted by Gasteiger charge is 2.38. The highest BCUT2D eigenvalue weighted by molar-refractivity contribution is 9.10. The van der Waals surface area contributed by atoms with Gasteiger partial charge in [-0.25, -0.2) is 0 Å². The average Bonchev–Trinajstić information content (AvgIpc) is 3.31. The molecule has 0 radical (unpaired) electrons. The number of Topliss-reactive ketones (excluding diaryl/α,β-unsaturated/α-hetero) is 1. The lowest BCUT2D eigenvalue weighted by atomic mass is 9.78. The van der Waals surface area contributed by atoms with E-state index in [4.69, 9.17) is 23.7 Å². The minimum Gasteiger partial charge on any atom is -0.493 e. The molecule has 1 aliphatic carbocycles. The molecular weight excluding hydrogens is 552 g/mol. The number of halogens is 1. The Morgan fingerprint density at radius 2 is 1.58 bits per heavy atom. The number of fused-ring (bicyclic) bond motifs is 2. The fraction of sp³-hybridized carbons (Fsp3) is 0.276. The second-order valence-electron chi connectivity index (χ2n) is 9.35. The normalized spacial score (nSPS) is 19.5. The lowest BCUT2D eigenvalue weighted by Crippen LogP contribution is -2.27. The van der Waals surface area contributed by atoms with Crippen LogP contribution in [-0.2, 0) is 4.79 Å². The molecule has 2 heterocycles. The van der Waals surface area contributed by atoms with Crippen LogP contribution < -0.4 is 34.3 Å². The number of hydrogen-bond donors (Lipinski definition) is 2. The zero-order valence-electron chi connectivity index (χ0n) is 21.2. The Bertz CT molecular complexity index is 1440. The SMILES string of the molecule is COc1cc([C@H]2CC(=O)C3=C(C2)Nc2ccccc2N[C@@H]3c2cc3c(cc2Br)OCO3)cc(OC)c1OC. The molecule has 38 heavy (non-hydrogen) atoms. The Morgan fingerprint density at radius 1 is 0.895 bits per heavy atom. The molecule has 0 saturated carbocycles. The van der Waals surface area contributed by atoms with Crippen molar-refractivity contribution in [3.8, 4) is 28.7 Å². The molecule has 0 unspecified atom stereocenters. The van der Waals surface area contributed by atoms with Crippen molar-refractivity contribution in [3.05, 3.63) is 75.4 Å². The van der Waals surface area contributed by atoms with Gasteiger partial charge >= 0.3 is 0 Å². The Hall–Kier alpha value is -3.85. The first-order valence-corrected chi connectivity index (χ1v) is 13.1. The van der Waals surface area contributed by atoms with Gasteiger partial charge in [0.05, 0.1) is 38.7 Å².